The molecule has 1 aliphatic heterocycles. The van der Waals surface area contributed by atoms with Crippen molar-refractivity contribution in [3.8, 4) is 5.75 Å². The molecule has 0 aromatic carbocycles. The van der Waals surface area contributed by atoms with Gasteiger partial charge in [-0.05, 0) is 45.0 Å². The second kappa shape index (κ2) is 6.36. The van der Waals surface area contributed by atoms with E-state index in [4.69, 9.17) is 4.74 Å². The Balaban J connectivity index is 1.73. The zero-order valence-corrected chi connectivity index (χ0v) is 12.8. The summed E-state index contributed by atoms with van der Waals surface area (Å²) in [5.41, 5.74) is 1.26. The number of rotatable bonds is 5. The minimum atomic E-state index is -0.976. The number of fused-ring (bicyclic) bond motifs is 1. The van der Waals surface area contributed by atoms with Gasteiger partial charge in [0.1, 0.15) is 6.61 Å². The van der Waals surface area contributed by atoms with Crippen molar-refractivity contribution in [2.24, 2.45) is 0 Å². The molecule has 3 rings (SSSR count). The molecule has 0 spiro atoms. The van der Waals surface area contributed by atoms with Crippen LogP contribution < -0.4 is 4.74 Å². The van der Waals surface area contributed by atoms with E-state index >= 15 is 0 Å². The molecule has 0 radical (unpaired) electrons. The molecular weight excluding hydrogens is 282 g/mol. The zero-order valence-electron chi connectivity index (χ0n) is 12.8. The van der Waals surface area contributed by atoms with Crippen LogP contribution in [0.25, 0.3) is 5.65 Å². The quantitative estimate of drug-likeness (QED) is 0.917. The molecule has 0 unspecified atom stereocenters. The number of likely N-dealkylation sites (tertiary alicyclic amines) is 1. The third-order valence-electron chi connectivity index (χ3n) is 4.10. The molecule has 1 N–H and O–H groups in total. The lowest BCUT2D eigenvalue weighted by Crippen LogP contribution is -2.33. The molecule has 0 atom stereocenters. The molecule has 118 valence electrons. The number of imidazole rings is 1. The van der Waals surface area contributed by atoms with Crippen molar-refractivity contribution in [1.29, 1.82) is 0 Å². The number of ether oxygens (including phenoxy) is 1. The largest absolute Gasteiger partial charge is 0.488 e. The predicted octanol–water partition coefficient (Wildman–Crippen LogP) is 2.21. The van der Waals surface area contributed by atoms with Gasteiger partial charge in [-0.25, -0.2) is 9.78 Å². The number of hydrogen-bond acceptors (Lipinski definition) is 4. The summed E-state index contributed by atoms with van der Waals surface area (Å²) in [4.78, 5) is 18.1. The van der Waals surface area contributed by atoms with E-state index in [-0.39, 0.29) is 5.69 Å². The maximum Gasteiger partial charge on any atom is 0.354 e. The van der Waals surface area contributed by atoms with Gasteiger partial charge in [-0.2, -0.15) is 0 Å². The Kier molecular flexibility index (Phi) is 4.29. The average Bonchev–Trinajstić information content (AvgIpc) is 2.85. The number of piperidine rings is 1. The van der Waals surface area contributed by atoms with E-state index in [1.54, 1.807) is 23.6 Å². The van der Waals surface area contributed by atoms with Crippen LogP contribution in [-0.4, -0.2) is 51.6 Å². The van der Waals surface area contributed by atoms with Gasteiger partial charge in [0, 0.05) is 12.7 Å². The molecule has 0 amide bonds. The molecule has 2 aromatic rings. The van der Waals surface area contributed by atoms with Crippen LogP contribution in [0.5, 0.6) is 5.75 Å². The summed E-state index contributed by atoms with van der Waals surface area (Å²) in [6.07, 6.45) is 5.55. The maximum atomic E-state index is 11.3. The molecule has 6 nitrogen and oxygen atoms in total. The lowest BCUT2D eigenvalue weighted by Gasteiger charge is -2.26. The van der Waals surface area contributed by atoms with Gasteiger partial charge in [0.2, 0.25) is 0 Å². The second-order valence-electron chi connectivity index (χ2n) is 5.67. The van der Waals surface area contributed by atoms with E-state index < -0.39 is 5.97 Å². The number of aromatic carboxylic acids is 1. The summed E-state index contributed by atoms with van der Waals surface area (Å²) in [7, 11) is 0. The Hall–Kier alpha value is -2.08. The zero-order chi connectivity index (χ0) is 15.5. The number of aromatic nitrogens is 2. The molecule has 1 aliphatic rings. The van der Waals surface area contributed by atoms with Crippen LogP contribution >= 0.6 is 0 Å². The van der Waals surface area contributed by atoms with E-state index in [0.717, 1.165) is 19.6 Å². The van der Waals surface area contributed by atoms with Crippen molar-refractivity contribution in [3.63, 3.8) is 0 Å². The van der Waals surface area contributed by atoms with Crippen molar-refractivity contribution in [2.45, 2.75) is 26.2 Å². The van der Waals surface area contributed by atoms with E-state index in [1.165, 1.54) is 19.3 Å². The SMILES string of the molecule is Cc1nc2c(OCCN3CCCCC3)cccn2c1C(=O)O. The van der Waals surface area contributed by atoms with Crippen LogP contribution in [0.4, 0.5) is 0 Å². The standard InChI is InChI=1S/C16H21N3O3/c1-12-14(16(20)21)19-9-5-6-13(15(19)17-12)22-11-10-18-7-3-2-4-8-18/h5-6,9H,2-4,7-8,10-11H2,1H3,(H,20,21). The number of aryl methyl sites for hydroxylation is 1. The Morgan fingerprint density at radius 2 is 2.14 bits per heavy atom. The van der Waals surface area contributed by atoms with E-state index in [0.29, 0.717) is 23.7 Å². The number of pyridine rings is 1. The summed E-state index contributed by atoms with van der Waals surface area (Å²) in [6, 6.07) is 3.63. The molecule has 0 bridgehead atoms. The smallest absolute Gasteiger partial charge is 0.354 e. The number of carboxylic acid groups (broad SMARTS) is 1. The predicted molar refractivity (Wildman–Crippen MR) is 82.7 cm³/mol. The van der Waals surface area contributed by atoms with Gasteiger partial charge < -0.3 is 9.84 Å². The minimum absolute atomic E-state index is 0.191. The van der Waals surface area contributed by atoms with Gasteiger partial charge >= 0.3 is 5.97 Å². The highest BCUT2D eigenvalue weighted by Gasteiger charge is 2.18. The van der Waals surface area contributed by atoms with Crippen LogP contribution in [-0.2, 0) is 0 Å². The summed E-state index contributed by atoms with van der Waals surface area (Å²) >= 11 is 0. The Morgan fingerprint density at radius 3 is 2.86 bits per heavy atom. The van der Waals surface area contributed by atoms with Gasteiger partial charge in [0.25, 0.3) is 0 Å². The third-order valence-corrected chi connectivity index (χ3v) is 4.10. The van der Waals surface area contributed by atoms with Crippen LogP contribution in [0.1, 0.15) is 35.4 Å². The highest BCUT2D eigenvalue weighted by Crippen LogP contribution is 2.22. The van der Waals surface area contributed by atoms with Crippen molar-refractivity contribution >= 4 is 11.6 Å². The van der Waals surface area contributed by atoms with Crippen LogP contribution in [0, 0.1) is 6.92 Å². The molecule has 3 heterocycles. The number of hydrogen-bond donors (Lipinski definition) is 1. The fourth-order valence-corrected chi connectivity index (χ4v) is 2.99. The van der Waals surface area contributed by atoms with Gasteiger partial charge in [0.15, 0.2) is 17.1 Å². The molecule has 0 aliphatic carbocycles. The first-order valence-corrected chi connectivity index (χ1v) is 7.73. The lowest BCUT2D eigenvalue weighted by molar-refractivity contribution is 0.0688. The first-order valence-electron chi connectivity index (χ1n) is 7.73. The van der Waals surface area contributed by atoms with E-state index in [2.05, 4.69) is 9.88 Å². The van der Waals surface area contributed by atoms with Crippen molar-refractivity contribution in [1.82, 2.24) is 14.3 Å². The average molecular weight is 303 g/mol. The Labute approximate surface area is 129 Å². The number of carbonyl (C=O) groups is 1. The Bertz CT molecular complexity index is 675. The highest BCUT2D eigenvalue weighted by atomic mass is 16.5. The molecule has 22 heavy (non-hydrogen) atoms. The maximum absolute atomic E-state index is 11.3. The third kappa shape index (κ3) is 2.92. The van der Waals surface area contributed by atoms with Gasteiger partial charge in [0.05, 0.1) is 5.69 Å². The fourth-order valence-electron chi connectivity index (χ4n) is 2.99. The normalized spacial score (nSPS) is 16.0. The van der Waals surface area contributed by atoms with Crippen LogP contribution in [0.2, 0.25) is 0 Å². The van der Waals surface area contributed by atoms with Crippen LogP contribution in [0.3, 0.4) is 0 Å². The number of carboxylic acids is 1. The minimum Gasteiger partial charge on any atom is -0.488 e. The van der Waals surface area contributed by atoms with Gasteiger partial charge in [-0.15, -0.1) is 0 Å². The molecule has 6 heteroatoms. The first-order chi connectivity index (χ1) is 10.7. The lowest BCUT2D eigenvalue weighted by atomic mass is 10.1. The number of nitrogens with zero attached hydrogens (tertiary/aromatic N) is 3. The molecule has 2 aromatic heterocycles. The molecular formula is C16H21N3O3. The van der Waals surface area contributed by atoms with E-state index in [9.17, 15) is 9.90 Å². The second-order valence-corrected chi connectivity index (χ2v) is 5.67. The van der Waals surface area contributed by atoms with Gasteiger partial charge in [-0.1, -0.05) is 6.42 Å². The fraction of sp³-hybridized carbons (Fsp3) is 0.500. The summed E-state index contributed by atoms with van der Waals surface area (Å²) in [5, 5.41) is 9.28. The highest BCUT2D eigenvalue weighted by molar-refractivity contribution is 5.88. The Morgan fingerprint density at radius 1 is 1.36 bits per heavy atom. The van der Waals surface area contributed by atoms with Crippen molar-refractivity contribution < 1.29 is 14.6 Å². The molecule has 0 saturated carbocycles. The van der Waals surface area contributed by atoms with Crippen LogP contribution in [0.15, 0.2) is 18.3 Å². The van der Waals surface area contributed by atoms with Gasteiger partial charge in [-0.3, -0.25) is 9.30 Å². The summed E-state index contributed by atoms with van der Waals surface area (Å²) in [5.74, 6) is -0.342. The summed E-state index contributed by atoms with van der Waals surface area (Å²) < 4.78 is 7.43. The molecule has 1 fully saturated rings. The summed E-state index contributed by atoms with van der Waals surface area (Å²) in [6.45, 7) is 5.47. The first kappa shape index (κ1) is 14.8. The van der Waals surface area contributed by atoms with E-state index in [1.807, 2.05) is 6.07 Å². The monoisotopic (exact) mass is 303 g/mol. The molecule has 1 saturated heterocycles. The topological polar surface area (TPSA) is 67.1 Å². The van der Waals surface area contributed by atoms with Crippen molar-refractivity contribution in [3.05, 3.63) is 29.7 Å². The van der Waals surface area contributed by atoms with Crippen molar-refractivity contribution in [2.75, 3.05) is 26.2 Å².